The average Bonchev–Trinajstić information content (AvgIpc) is 1.64. The van der Waals surface area contributed by atoms with Crippen molar-refractivity contribution in [2.24, 2.45) is 0 Å². The van der Waals surface area contributed by atoms with Gasteiger partial charge in [0, 0.05) is 38.2 Å². The number of hydrogen-bond donors (Lipinski definition) is 0. The van der Waals surface area contributed by atoms with Crippen LogP contribution in [0.25, 0.3) is 134 Å². The monoisotopic (exact) mass is 1140 g/mol. The lowest BCUT2D eigenvalue weighted by atomic mass is 9.97. The minimum Gasteiger partial charge on any atom is -0.309 e. The summed E-state index contributed by atoms with van der Waals surface area (Å²) in [5, 5.41) is 3.39. The molecule has 86 heavy (non-hydrogen) atoms. The topological polar surface area (TPSA) is 48.5 Å². The minimum absolute atomic E-state index is 0.0247. The van der Waals surface area contributed by atoms with E-state index >= 15 is 26.3 Å². The maximum atomic E-state index is 15.4. The highest BCUT2D eigenvalue weighted by Gasteiger charge is 2.35. The lowest BCUT2D eigenvalue weighted by molar-refractivity contribution is -0.138. The highest BCUT2D eigenvalue weighted by atomic mass is 19.4. The number of benzene rings is 11. The van der Waals surface area contributed by atoms with Crippen molar-refractivity contribution in [2.45, 2.75) is 40.0 Å². The van der Waals surface area contributed by atoms with Gasteiger partial charge in [-0.15, -0.1) is 0 Å². The van der Waals surface area contributed by atoms with Crippen molar-refractivity contribution in [1.82, 2.24) is 24.1 Å². The Morgan fingerprint density at radius 2 is 0.558 bits per heavy atom. The van der Waals surface area contributed by atoms with Crippen molar-refractivity contribution < 1.29 is 26.3 Å². The first-order chi connectivity index (χ1) is 41.6. The second kappa shape index (κ2) is 20.7. The van der Waals surface area contributed by atoms with Crippen molar-refractivity contribution >= 4 is 43.6 Å². The second-order valence-electron chi connectivity index (χ2n) is 22.0. The molecule has 0 aliphatic heterocycles. The first-order valence-corrected chi connectivity index (χ1v) is 28.2. The molecule has 3 aromatic heterocycles. The molecule has 0 fully saturated rings. The summed E-state index contributed by atoms with van der Waals surface area (Å²) in [5.41, 5.74) is 14.1. The summed E-state index contributed by atoms with van der Waals surface area (Å²) in [7, 11) is 0. The third-order valence-electron chi connectivity index (χ3n) is 16.6. The number of aromatic nitrogens is 5. The van der Waals surface area contributed by atoms with E-state index in [1.165, 1.54) is 12.1 Å². The normalized spacial score (nSPS) is 12.1. The maximum absolute atomic E-state index is 15.4. The molecule has 0 bridgehead atoms. The molecule has 11 heteroatoms. The van der Waals surface area contributed by atoms with Crippen LogP contribution in [-0.2, 0) is 12.4 Å². The predicted octanol–water partition coefficient (Wildman–Crippen LogP) is 21.0. The number of rotatable bonds is 9. The quantitative estimate of drug-likeness (QED) is 0.135. The van der Waals surface area contributed by atoms with Gasteiger partial charge in [0.2, 0.25) is 0 Å². The van der Waals surface area contributed by atoms with Crippen molar-refractivity contribution in [3.63, 3.8) is 0 Å². The number of halogens is 6. The van der Waals surface area contributed by atoms with E-state index < -0.39 is 23.5 Å². The van der Waals surface area contributed by atoms with Crippen LogP contribution in [0.1, 0.15) is 33.4 Å². The molecular formula is C75H51F6N5. The molecule has 3 heterocycles. The van der Waals surface area contributed by atoms with Crippen LogP contribution in [0.2, 0.25) is 0 Å². The molecule has 14 rings (SSSR count). The number of nitrogens with zero attached hydrogens (tertiary/aromatic N) is 5. The Balaban J connectivity index is 1.05. The lowest BCUT2D eigenvalue weighted by Crippen LogP contribution is -2.10. The summed E-state index contributed by atoms with van der Waals surface area (Å²) in [6.45, 7) is 8.21. The van der Waals surface area contributed by atoms with Gasteiger partial charge in [-0.3, -0.25) is 0 Å². The molecule has 0 N–H and O–H groups in total. The van der Waals surface area contributed by atoms with Crippen LogP contribution in [0, 0.1) is 27.7 Å². The largest absolute Gasteiger partial charge is 0.416 e. The Morgan fingerprint density at radius 3 is 0.860 bits per heavy atom. The van der Waals surface area contributed by atoms with E-state index in [9.17, 15) is 0 Å². The van der Waals surface area contributed by atoms with Crippen molar-refractivity contribution in [2.75, 3.05) is 0 Å². The van der Waals surface area contributed by atoms with Crippen LogP contribution in [0.4, 0.5) is 26.3 Å². The van der Waals surface area contributed by atoms with E-state index in [1.54, 1.807) is 30.3 Å². The third-order valence-corrected chi connectivity index (χ3v) is 16.6. The molecule has 14 aromatic rings. The highest BCUT2D eigenvalue weighted by molar-refractivity contribution is 6.13. The van der Waals surface area contributed by atoms with Crippen molar-refractivity contribution in [1.29, 1.82) is 0 Å². The SMILES string of the molecule is Cc1ccccc1-c1ccc2c(c1)c1cc(-c3ccccc3C)ccc1n2-c1ccc(C(F)(F)F)cc1-c1nc(-c2ccccc2)nc(-c2cc(C(F)(F)F)ccc2-n2c3ccc(-c4ccccc4C)cc3c3cc(-c4ccccc4C)ccc32)n1. The summed E-state index contributed by atoms with van der Waals surface area (Å²) in [6, 6.07) is 72.7. The number of hydrogen-bond acceptors (Lipinski definition) is 3. The highest BCUT2D eigenvalue weighted by Crippen LogP contribution is 2.45. The molecule has 0 spiro atoms. The molecule has 0 amide bonds. The maximum Gasteiger partial charge on any atom is 0.416 e. The van der Waals surface area contributed by atoms with Gasteiger partial charge < -0.3 is 9.13 Å². The molecule has 0 atom stereocenters. The van der Waals surface area contributed by atoms with E-state index in [2.05, 4.69) is 100 Å². The molecule has 0 saturated carbocycles. The number of aryl methyl sites for hydroxylation is 4. The molecule has 5 nitrogen and oxygen atoms in total. The summed E-state index contributed by atoms with van der Waals surface area (Å²) in [5.74, 6) is -0.332. The van der Waals surface area contributed by atoms with Crippen molar-refractivity contribution in [3.8, 4) is 90.0 Å². The molecule has 0 unspecified atom stereocenters. The summed E-state index contributed by atoms with van der Waals surface area (Å²) < 4.78 is 96.0. The molecular weight excluding hydrogens is 1080 g/mol. The van der Waals surface area contributed by atoms with Gasteiger partial charge in [0.25, 0.3) is 0 Å². The fourth-order valence-electron chi connectivity index (χ4n) is 12.3. The van der Waals surface area contributed by atoms with Crippen LogP contribution in [-0.4, -0.2) is 24.1 Å². The first-order valence-electron chi connectivity index (χ1n) is 28.2. The Hall–Kier alpha value is -10.4. The van der Waals surface area contributed by atoms with Gasteiger partial charge >= 0.3 is 12.4 Å². The van der Waals surface area contributed by atoms with Crippen molar-refractivity contribution in [3.05, 3.63) is 270 Å². The van der Waals surface area contributed by atoms with Gasteiger partial charge in [-0.25, -0.2) is 15.0 Å². The first kappa shape index (κ1) is 53.6. The van der Waals surface area contributed by atoms with Gasteiger partial charge in [-0.05, 0) is 179 Å². The van der Waals surface area contributed by atoms with E-state index in [-0.39, 0.29) is 28.6 Å². The Morgan fingerprint density at radius 1 is 0.267 bits per heavy atom. The van der Waals surface area contributed by atoms with Crippen LogP contribution in [0.15, 0.2) is 237 Å². The van der Waals surface area contributed by atoms with Gasteiger partial charge in [-0.1, -0.05) is 152 Å². The fourth-order valence-corrected chi connectivity index (χ4v) is 12.3. The Bertz CT molecular complexity index is 4530. The molecule has 0 radical (unpaired) electrons. The van der Waals surface area contributed by atoms with Crippen LogP contribution in [0.3, 0.4) is 0 Å². The Kier molecular flexibility index (Phi) is 12.9. The molecule has 0 aliphatic rings. The summed E-state index contributed by atoms with van der Waals surface area (Å²) >= 11 is 0. The molecule has 0 aliphatic carbocycles. The second-order valence-corrected chi connectivity index (χ2v) is 22.0. The fraction of sp³-hybridized carbons (Fsp3) is 0.0800. The molecule has 418 valence electrons. The molecule has 0 saturated heterocycles. The van der Waals surface area contributed by atoms with Crippen LogP contribution >= 0.6 is 0 Å². The standard InChI is InChI=1S/C75H51F6N5/c1-44-16-8-12-22-55(44)49-26-32-65-59(38-49)60-39-50(56-23-13-9-17-45(56)2)27-33-66(60)85(65)69-36-30-53(74(76,77)78)42-63(69)72-82-71(48-20-6-5-7-21-48)83-73(84-72)64-43-54(75(79,80)81)31-37-70(64)86-67-34-28-51(57-24-14-10-18-46(57)3)40-61(67)62-41-52(29-35-68(62)86)58-25-15-11-19-47(58)4/h5-43H,1-4H3. The predicted molar refractivity (Wildman–Crippen MR) is 336 cm³/mol. The lowest BCUT2D eigenvalue weighted by Gasteiger charge is -2.19. The van der Waals surface area contributed by atoms with Gasteiger partial charge in [0.1, 0.15) is 0 Å². The van der Waals surface area contributed by atoms with E-state index in [0.717, 1.165) is 113 Å². The van der Waals surface area contributed by atoms with Gasteiger partial charge in [0.05, 0.1) is 44.6 Å². The van der Waals surface area contributed by atoms with E-state index in [0.29, 0.717) is 39.0 Å². The number of fused-ring (bicyclic) bond motifs is 6. The zero-order chi connectivity index (χ0) is 59.2. The zero-order valence-electron chi connectivity index (χ0n) is 47.0. The number of alkyl halides is 6. The zero-order valence-corrected chi connectivity index (χ0v) is 47.0. The molecule has 11 aromatic carbocycles. The van der Waals surface area contributed by atoms with Gasteiger partial charge in [-0.2, -0.15) is 26.3 Å². The smallest absolute Gasteiger partial charge is 0.309 e. The minimum atomic E-state index is -4.82. The van der Waals surface area contributed by atoms with Gasteiger partial charge in [0.15, 0.2) is 17.5 Å². The van der Waals surface area contributed by atoms with E-state index in [1.807, 2.05) is 106 Å². The summed E-state index contributed by atoms with van der Waals surface area (Å²) in [4.78, 5) is 15.1. The summed E-state index contributed by atoms with van der Waals surface area (Å²) in [6.07, 6.45) is -9.64. The van der Waals surface area contributed by atoms with Crippen LogP contribution in [0.5, 0.6) is 0 Å². The van der Waals surface area contributed by atoms with E-state index in [4.69, 9.17) is 15.0 Å². The Labute approximate surface area is 491 Å². The average molecular weight is 1140 g/mol. The van der Waals surface area contributed by atoms with Crippen LogP contribution < -0.4 is 0 Å². The third kappa shape index (κ3) is 9.36.